The molecule has 2 aliphatic carbocycles. The van der Waals surface area contributed by atoms with Gasteiger partial charge in [-0.3, -0.25) is 38.4 Å². The summed E-state index contributed by atoms with van der Waals surface area (Å²) in [5, 5.41) is 32.2. The molecular weight excluding hydrogens is 977 g/mol. The first-order valence-electron chi connectivity index (χ1n) is 27.8. The third-order valence-electron chi connectivity index (χ3n) is 16.1. The molecule has 4 aromatic rings. The van der Waals surface area contributed by atoms with Crippen LogP contribution in [0, 0.1) is 35.5 Å². The Labute approximate surface area is 451 Å². The highest BCUT2D eigenvalue weighted by Crippen LogP contribution is 2.29. The zero-order valence-electron chi connectivity index (χ0n) is 44.7. The zero-order valence-corrected chi connectivity index (χ0v) is 44.7. The second-order valence-corrected chi connectivity index (χ2v) is 22.4. The molecule has 11 N–H and O–H groups in total. The normalized spacial score (nSPS) is 24.2. The number of carbonyl (C=O) groups is 8. The molecule has 4 aliphatic rings. The van der Waals surface area contributed by atoms with Gasteiger partial charge in [0.2, 0.25) is 47.3 Å². The second kappa shape index (κ2) is 26.4. The van der Waals surface area contributed by atoms with Crippen LogP contribution in [0.15, 0.2) is 84.9 Å². The molecule has 18 heteroatoms. The fourth-order valence-corrected chi connectivity index (χ4v) is 12.3. The van der Waals surface area contributed by atoms with E-state index in [2.05, 4.69) is 47.9 Å². The number of hydrogen-bond donors (Lipinski definition) is 10. The number of rotatable bonds is 23. The summed E-state index contributed by atoms with van der Waals surface area (Å²) in [6, 6.07) is 24.9. The van der Waals surface area contributed by atoms with Crippen molar-refractivity contribution in [3.8, 4) is 0 Å². The van der Waals surface area contributed by atoms with Gasteiger partial charge in [-0.1, -0.05) is 112 Å². The van der Waals surface area contributed by atoms with E-state index in [0.717, 1.165) is 45.5 Å². The third kappa shape index (κ3) is 15.0. The molecule has 11 atom stereocenters. The van der Waals surface area contributed by atoms with Gasteiger partial charge in [0.1, 0.15) is 0 Å². The zero-order chi connectivity index (χ0) is 54.6. The van der Waals surface area contributed by atoms with Crippen LogP contribution in [0.1, 0.15) is 89.7 Å². The molecule has 2 heterocycles. The maximum Gasteiger partial charge on any atom is 0.226 e. The topological polar surface area (TPSA) is 271 Å². The molecule has 8 rings (SSSR count). The predicted octanol–water partition coefficient (Wildman–Crippen LogP) is 2.79. The van der Waals surface area contributed by atoms with Crippen molar-refractivity contribution in [3.63, 3.8) is 0 Å². The van der Waals surface area contributed by atoms with E-state index in [4.69, 9.17) is 5.73 Å². The molecule has 0 aromatic heterocycles. The van der Waals surface area contributed by atoms with Gasteiger partial charge >= 0.3 is 0 Å². The lowest BCUT2D eigenvalue weighted by atomic mass is 9.93. The summed E-state index contributed by atoms with van der Waals surface area (Å²) in [4.78, 5) is 108. The number of benzene rings is 4. The van der Waals surface area contributed by atoms with E-state index in [1.807, 2.05) is 98.8 Å². The molecule has 8 unspecified atom stereocenters. The number of primary amides is 1. The van der Waals surface area contributed by atoms with Crippen LogP contribution in [-0.2, 0) is 51.2 Å². The molecule has 0 bridgehead atoms. The van der Waals surface area contributed by atoms with Crippen molar-refractivity contribution in [3.05, 3.63) is 96.1 Å². The van der Waals surface area contributed by atoms with E-state index < -0.39 is 65.7 Å². The summed E-state index contributed by atoms with van der Waals surface area (Å²) in [5.41, 5.74) is 7.62. The van der Waals surface area contributed by atoms with Gasteiger partial charge in [-0.25, -0.2) is 0 Å². The van der Waals surface area contributed by atoms with E-state index in [1.54, 1.807) is 0 Å². The maximum atomic E-state index is 14.1. The lowest BCUT2D eigenvalue weighted by Crippen LogP contribution is -2.54. The summed E-state index contributed by atoms with van der Waals surface area (Å²) in [6.45, 7) is 6.88. The quantitative estimate of drug-likeness (QED) is 0.0519. The third-order valence-corrected chi connectivity index (χ3v) is 16.1. The summed E-state index contributed by atoms with van der Waals surface area (Å²) in [5.74, 6) is -4.99. The summed E-state index contributed by atoms with van der Waals surface area (Å²) < 4.78 is 0. The smallest absolute Gasteiger partial charge is 0.226 e. The average Bonchev–Trinajstić information content (AvgIpc) is 4.25. The number of nitrogens with one attached hydrogen (secondary N) is 9. The van der Waals surface area contributed by atoms with Gasteiger partial charge < -0.3 is 53.6 Å². The highest BCUT2D eigenvalue weighted by molar-refractivity contribution is 5.90. The van der Waals surface area contributed by atoms with Crippen LogP contribution in [0.2, 0.25) is 0 Å². The van der Waals surface area contributed by atoms with Crippen LogP contribution in [0.3, 0.4) is 0 Å². The van der Waals surface area contributed by atoms with Gasteiger partial charge in [0.15, 0.2) is 0 Å². The van der Waals surface area contributed by atoms with Crippen LogP contribution >= 0.6 is 0 Å². The predicted molar refractivity (Wildman–Crippen MR) is 294 cm³/mol. The van der Waals surface area contributed by atoms with Gasteiger partial charge in [0.25, 0.3) is 0 Å². The monoisotopic (exact) mass is 1050 g/mol. The Morgan fingerprint density at radius 3 is 1.62 bits per heavy atom. The molecule has 2 aliphatic heterocycles. The number of fused-ring (bicyclic) bond motifs is 2. The molecular formula is C59H78N10O8. The van der Waals surface area contributed by atoms with Crippen LogP contribution in [0.4, 0.5) is 0 Å². The largest absolute Gasteiger partial charge is 0.370 e. The molecule has 4 fully saturated rings. The maximum absolute atomic E-state index is 14.1. The lowest BCUT2D eigenvalue weighted by Gasteiger charge is -2.27. The number of carbonyl (C=O) groups excluding carboxylic acids is 8. The van der Waals surface area contributed by atoms with Crippen molar-refractivity contribution < 1.29 is 38.4 Å². The number of nitrogens with two attached hydrogens (primary N) is 1. The fraction of sp³-hybridized carbons (Fsp3) is 0.525. The Bertz CT molecular complexity index is 2780. The van der Waals surface area contributed by atoms with Gasteiger partial charge in [0, 0.05) is 76.7 Å². The Balaban J connectivity index is 0.847. The summed E-state index contributed by atoms with van der Waals surface area (Å²) in [7, 11) is 0. The van der Waals surface area contributed by atoms with Gasteiger partial charge in [-0.05, 0) is 83.5 Å². The van der Waals surface area contributed by atoms with Crippen molar-refractivity contribution in [2.24, 2.45) is 41.2 Å². The molecule has 4 aromatic carbocycles. The van der Waals surface area contributed by atoms with Crippen molar-refractivity contribution in [2.45, 2.75) is 128 Å². The Hall–Kier alpha value is -6.92. The standard InChI is InChI=1S/C59H78N10O8/c1-34(2)24-40(55(73)68-51-32-62-31-48(51)59(77)69-52-33-61-30-47(52)58(76)65-41(27-53(60)71)25-38-16-8-14-36-12-4-6-18-43(36)38)29-63-56(74)45-20-10-23-50(45)67-54(72)28-42(26-39-17-9-15-37-13-5-7-19-44(37)39)66-57(75)46-21-11-22-49(46)64-35(3)70/h4-9,12-19,34,40-42,45-52,61-62H,10-11,20-33H2,1-3H3,(H2,60,71)(H,63,74)(H,64,70)(H,65,76)(H,66,75)(H,67,72)(H,68,73)(H,69,77)/t40-,41-,42-,45?,46?,47?,48?,49?,50?,51?,52?/m0/s1. The molecule has 18 nitrogen and oxygen atoms in total. The molecule has 2 saturated heterocycles. The van der Waals surface area contributed by atoms with Crippen molar-refractivity contribution in [2.75, 3.05) is 32.7 Å². The van der Waals surface area contributed by atoms with Gasteiger partial charge in [0.05, 0.1) is 41.7 Å². The average molecular weight is 1060 g/mol. The van der Waals surface area contributed by atoms with E-state index in [9.17, 15) is 38.4 Å². The Kier molecular flexibility index (Phi) is 19.3. The molecule has 8 amide bonds. The van der Waals surface area contributed by atoms with E-state index >= 15 is 0 Å². The van der Waals surface area contributed by atoms with E-state index in [0.29, 0.717) is 71.1 Å². The minimum atomic E-state index is -0.627. The number of amides is 8. The van der Waals surface area contributed by atoms with Crippen molar-refractivity contribution in [1.82, 2.24) is 47.9 Å². The van der Waals surface area contributed by atoms with E-state index in [1.165, 1.54) is 6.92 Å². The SMILES string of the molecule is CC(=O)NC1CCCC1C(=O)N[C@H](CC(=O)NC1CCCC1C(=O)NC[C@H](CC(C)C)C(=O)NC1CNCC1C(=O)NC1CNCC1C(=O)N[C@H](CC(N)=O)Cc1cccc2ccccc12)Cc1cccc2ccccc12. The molecule has 0 spiro atoms. The van der Waals surface area contributed by atoms with Crippen molar-refractivity contribution in [1.29, 1.82) is 0 Å². The summed E-state index contributed by atoms with van der Waals surface area (Å²) in [6.07, 6.45) is 5.25. The highest BCUT2D eigenvalue weighted by atomic mass is 16.2. The molecule has 0 radical (unpaired) electrons. The van der Waals surface area contributed by atoms with Crippen LogP contribution < -0.4 is 53.6 Å². The van der Waals surface area contributed by atoms with Crippen LogP contribution in [0.25, 0.3) is 21.5 Å². The van der Waals surface area contributed by atoms with E-state index in [-0.39, 0.29) is 72.7 Å². The minimum Gasteiger partial charge on any atom is -0.370 e. The molecule has 2 saturated carbocycles. The molecule has 77 heavy (non-hydrogen) atoms. The van der Waals surface area contributed by atoms with Crippen molar-refractivity contribution >= 4 is 68.8 Å². The van der Waals surface area contributed by atoms with Gasteiger partial charge in [-0.2, -0.15) is 0 Å². The fourth-order valence-electron chi connectivity index (χ4n) is 12.3. The first-order valence-corrected chi connectivity index (χ1v) is 27.8. The Morgan fingerprint density at radius 2 is 1.05 bits per heavy atom. The second-order valence-electron chi connectivity index (χ2n) is 22.4. The van der Waals surface area contributed by atoms with Gasteiger partial charge in [-0.15, -0.1) is 0 Å². The van der Waals surface area contributed by atoms with Crippen LogP contribution in [-0.4, -0.2) is 116 Å². The first kappa shape index (κ1) is 56.3. The van der Waals surface area contributed by atoms with Crippen LogP contribution in [0.5, 0.6) is 0 Å². The first-order chi connectivity index (χ1) is 37.1. The highest BCUT2D eigenvalue weighted by Gasteiger charge is 2.41. The minimum absolute atomic E-state index is 0.0114. The Morgan fingerprint density at radius 1 is 0.545 bits per heavy atom. The lowest BCUT2D eigenvalue weighted by molar-refractivity contribution is -0.130. The number of hydrogen-bond acceptors (Lipinski definition) is 10. The molecule has 412 valence electrons. The summed E-state index contributed by atoms with van der Waals surface area (Å²) >= 11 is 0.